The van der Waals surface area contributed by atoms with Gasteiger partial charge in [0.2, 0.25) is 46.7 Å². The van der Waals surface area contributed by atoms with Crippen LogP contribution in [0.4, 0.5) is 33.7 Å². The molecule has 0 saturated carbocycles. The third kappa shape index (κ3) is 10.9. The molecule has 0 unspecified atom stereocenters. The minimum Gasteiger partial charge on any atom is -0.420 e. The summed E-state index contributed by atoms with van der Waals surface area (Å²) in [5.74, 6) is -13.2. The molecule has 1 aliphatic rings. The van der Waals surface area contributed by atoms with Gasteiger partial charge in [-0.25, -0.2) is 18.2 Å². The maximum atomic E-state index is 13.7. The summed E-state index contributed by atoms with van der Waals surface area (Å²) in [6.07, 6.45) is 5.02. The van der Waals surface area contributed by atoms with Gasteiger partial charge in [-0.1, -0.05) is 38.0 Å². The molecule has 0 bridgehead atoms. The van der Waals surface area contributed by atoms with Gasteiger partial charge in [-0.3, -0.25) is 14.5 Å². The SMILES string of the molecule is CCCCCNc1nc(N)nc2ccn(Cc3ccc(CN4CCN(C(=O)CCOCCOCCC(=O)Oc5c(F)c(F)c(F)c(F)c5F)CC4)cc3C)c12. The molecular weight excluding hydrogens is 729 g/mol. The van der Waals surface area contributed by atoms with Crippen LogP contribution >= 0.6 is 0 Å². The number of amides is 1. The van der Waals surface area contributed by atoms with E-state index in [0.717, 1.165) is 62.3 Å². The lowest BCUT2D eigenvalue weighted by molar-refractivity contribution is -0.137. The highest BCUT2D eigenvalue weighted by Gasteiger charge is 2.28. The predicted octanol–water partition coefficient (Wildman–Crippen LogP) is 5.73. The van der Waals surface area contributed by atoms with Crippen molar-refractivity contribution in [3.05, 3.63) is 76.2 Å². The first kappa shape index (κ1) is 41.3. The van der Waals surface area contributed by atoms with Crippen molar-refractivity contribution in [2.45, 2.75) is 59.0 Å². The number of nitrogens with one attached hydrogen (secondary N) is 1. The van der Waals surface area contributed by atoms with Crippen LogP contribution in [0.5, 0.6) is 5.75 Å². The van der Waals surface area contributed by atoms with Gasteiger partial charge in [0.25, 0.3) is 0 Å². The van der Waals surface area contributed by atoms with E-state index in [1.54, 1.807) is 0 Å². The van der Waals surface area contributed by atoms with Gasteiger partial charge in [0.05, 0.1) is 44.8 Å². The molecule has 5 rings (SSSR count). The Bertz CT molecular complexity index is 1930. The number of benzene rings is 2. The molecule has 1 amide bonds. The highest BCUT2D eigenvalue weighted by molar-refractivity contribution is 5.87. The first-order valence-electron chi connectivity index (χ1n) is 18.3. The van der Waals surface area contributed by atoms with E-state index in [1.807, 2.05) is 17.2 Å². The summed E-state index contributed by atoms with van der Waals surface area (Å²) in [5, 5.41) is 3.45. The second-order valence-electron chi connectivity index (χ2n) is 13.3. The Balaban J connectivity index is 0.975. The number of esters is 1. The zero-order chi connectivity index (χ0) is 39.5. The largest absolute Gasteiger partial charge is 0.420 e. The lowest BCUT2D eigenvalue weighted by atomic mass is 10.0. The topological polar surface area (TPSA) is 137 Å². The highest BCUT2D eigenvalue weighted by Crippen LogP contribution is 2.29. The van der Waals surface area contributed by atoms with Crippen LogP contribution in [0.15, 0.2) is 30.5 Å². The number of hydrogen-bond donors (Lipinski definition) is 2. The minimum absolute atomic E-state index is 0.0263. The van der Waals surface area contributed by atoms with E-state index in [2.05, 4.69) is 61.5 Å². The van der Waals surface area contributed by atoms with Crippen LogP contribution in [0.25, 0.3) is 11.0 Å². The molecule has 0 atom stereocenters. The van der Waals surface area contributed by atoms with E-state index >= 15 is 0 Å². The zero-order valence-electron chi connectivity index (χ0n) is 30.9. The molecule has 298 valence electrons. The molecule has 12 nitrogen and oxygen atoms in total. The van der Waals surface area contributed by atoms with Crippen LogP contribution < -0.4 is 15.8 Å². The Kier molecular flexibility index (Phi) is 14.7. The van der Waals surface area contributed by atoms with Crippen molar-refractivity contribution in [1.82, 2.24) is 24.3 Å². The van der Waals surface area contributed by atoms with Gasteiger partial charge < -0.3 is 34.7 Å². The third-order valence-corrected chi connectivity index (χ3v) is 9.25. The number of halogens is 5. The summed E-state index contributed by atoms with van der Waals surface area (Å²) in [6, 6.07) is 8.49. The normalized spacial score (nSPS) is 13.5. The number of unbranched alkanes of at least 4 members (excludes halogenated alkanes) is 2. The number of ether oxygens (including phenoxy) is 3. The number of fused-ring (bicyclic) bond motifs is 1. The molecule has 3 N–H and O–H groups in total. The number of hydrogen-bond acceptors (Lipinski definition) is 10. The summed E-state index contributed by atoms with van der Waals surface area (Å²) in [6.45, 7) is 9.26. The van der Waals surface area contributed by atoms with E-state index in [1.165, 1.54) is 16.7 Å². The van der Waals surface area contributed by atoms with Gasteiger partial charge >= 0.3 is 5.97 Å². The van der Waals surface area contributed by atoms with Gasteiger partial charge in [-0.2, -0.15) is 13.8 Å². The number of rotatable bonds is 19. The predicted molar refractivity (Wildman–Crippen MR) is 195 cm³/mol. The number of carbonyl (C=O) groups excluding carboxylic acids is 2. The summed E-state index contributed by atoms with van der Waals surface area (Å²) in [5.41, 5.74) is 11.3. The molecule has 0 spiro atoms. The second kappa shape index (κ2) is 19.6. The van der Waals surface area contributed by atoms with E-state index in [9.17, 15) is 31.5 Å². The molecule has 1 saturated heterocycles. The molecule has 2 aromatic carbocycles. The van der Waals surface area contributed by atoms with Gasteiger partial charge in [-0.15, -0.1) is 0 Å². The number of aromatic nitrogens is 3. The van der Waals surface area contributed by atoms with Crippen molar-refractivity contribution in [3.63, 3.8) is 0 Å². The van der Waals surface area contributed by atoms with Gasteiger partial charge in [0.15, 0.2) is 5.82 Å². The highest BCUT2D eigenvalue weighted by atomic mass is 19.2. The summed E-state index contributed by atoms with van der Waals surface area (Å²) in [4.78, 5) is 37.6. The number of nitrogen functional groups attached to an aromatic ring is 1. The summed E-state index contributed by atoms with van der Waals surface area (Å²) >= 11 is 0. The van der Waals surface area contributed by atoms with Crippen molar-refractivity contribution >= 4 is 34.7 Å². The number of aryl methyl sites for hydroxylation is 1. The quantitative estimate of drug-likeness (QED) is 0.0304. The van der Waals surface area contributed by atoms with Gasteiger partial charge in [-0.05, 0) is 36.1 Å². The van der Waals surface area contributed by atoms with E-state index < -0.39 is 47.2 Å². The maximum absolute atomic E-state index is 13.7. The average molecular weight is 776 g/mol. The lowest BCUT2D eigenvalue weighted by Gasteiger charge is -2.35. The number of carbonyl (C=O) groups is 2. The van der Waals surface area contributed by atoms with E-state index in [4.69, 9.17) is 15.2 Å². The first-order chi connectivity index (χ1) is 26.5. The summed E-state index contributed by atoms with van der Waals surface area (Å²) < 4.78 is 84.1. The molecule has 17 heteroatoms. The molecule has 0 radical (unpaired) electrons. The smallest absolute Gasteiger partial charge is 0.313 e. The molecule has 3 heterocycles. The number of anilines is 2. The number of nitrogens with two attached hydrogens (primary N) is 1. The van der Waals surface area contributed by atoms with E-state index in [0.29, 0.717) is 19.6 Å². The Hall–Kier alpha value is -4.87. The average Bonchev–Trinajstić information content (AvgIpc) is 3.57. The van der Waals surface area contributed by atoms with Crippen molar-refractivity contribution in [2.75, 3.05) is 70.2 Å². The fourth-order valence-electron chi connectivity index (χ4n) is 6.23. The third-order valence-electron chi connectivity index (χ3n) is 9.25. The molecule has 2 aromatic heterocycles. The monoisotopic (exact) mass is 775 g/mol. The molecular formula is C38H46F5N7O5. The Morgan fingerprint density at radius 3 is 2.18 bits per heavy atom. The molecule has 0 aliphatic carbocycles. The Morgan fingerprint density at radius 1 is 0.836 bits per heavy atom. The molecule has 1 aliphatic heterocycles. The minimum atomic E-state index is -2.35. The van der Waals surface area contributed by atoms with Crippen molar-refractivity contribution in [2.24, 2.45) is 0 Å². The number of piperazine rings is 1. The van der Waals surface area contributed by atoms with Crippen molar-refractivity contribution < 1.29 is 45.8 Å². The number of nitrogens with zero attached hydrogens (tertiary/aromatic N) is 5. The standard InChI is InChI=1S/C38H46F5N7O5/c1-3-4-5-11-45-37-35-27(46-38(44)47-37)8-12-50(35)23-26-7-6-25(21-24(26)2)22-48-13-15-49(16-14-48)28(51)9-17-53-19-20-54-18-10-29(52)55-36-33(42)31(40)30(39)32(41)34(36)43/h6-8,12,21H,3-5,9-11,13-20,22-23H2,1-2H3,(H3,44,45,46,47). The first-order valence-corrected chi connectivity index (χ1v) is 18.3. The Labute approximate surface area is 315 Å². The van der Waals surface area contributed by atoms with Crippen LogP contribution in [0.3, 0.4) is 0 Å². The lowest BCUT2D eigenvalue weighted by Crippen LogP contribution is -2.48. The fourth-order valence-corrected chi connectivity index (χ4v) is 6.23. The molecule has 55 heavy (non-hydrogen) atoms. The van der Waals surface area contributed by atoms with E-state index in [-0.39, 0.29) is 44.7 Å². The zero-order valence-corrected chi connectivity index (χ0v) is 30.9. The van der Waals surface area contributed by atoms with Crippen LogP contribution in [-0.4, -0.2) is 95.4 Å². The van der Waals surface area contributed by atoms with Crippen molar-refractivity contribution in [1.29, 1.82) is 0 Å². The van der Waals surface area contributed by atoms with Crippen LogP contribution in [-0.2, 0) is 32.2 Å². The van der Waals surface area contributed by atoms with Gasteiger partial charge in [0, 0.05) is 52.0 Å². The maximum Gasteiger partial charge on any atom is 0.313 e. The second-order valence-corrected chi connectivity index (χ2v) is 13.3. The van der Waals surface area contributed by atoms with Crippen molar-refractivity contribution in [3.8, 4) is 5.75 Å². The fraction of sp³-hybridized carbons (Fsp3) is 0.474. The summed E-state index contributed by atoms with van der Waals surface area (Å²) in [7, 11) is 0. The van der Waals surface area contributed by atoms with Crippen LogP contribution in [0.2, 0.25) is 0 Å². The molecule has 1 fully saturated rings. The molecule has 4 aromatic rings. The van der Waals surface area contributed by atoms with Crippen LogP contribution in [0.1, 0.15) is 55.7 Å². The Morgan fingerprint density at radius 2 is 1.51 bits per heavy atom. The van der Waals surface area contributed by atoms with Crippen LogP contribution in [0, 0.1) is 36.0 Å². The van der Waals surface area contributed by atoms with Gasteiger partial charge in [0.1, 0.15) is 5.52 Å².